The average Bonchev–Trinajstić information content (AvgIpc) is 3.23. The molecule has 0 saturated heterocycles. The number of pyridine rings is 1. The first kappa shape index (κ1) is 19.8. The summed E-state index contributed by atoms with van der Waals surface area (Å²) < 4.78 is 13.8. The number of halogens is 2. The number of carbonyl (C=O) groups is 1. The van der Waals surface area contributed by atoms with Crippen molar-refractivity contribution in [3.63, 3.8) is 0 Å². The van der Waals surface area contributed by atoms with E-state index in [2.05, 4.69) is 20.5 Å². The largest absolute Gasteiger partial charge is 0.368 e. The highest BCUT2D eigenvalue weighted by Crippen LogP contribution is 2.19. The number of hydrogen-bond acceptors (Lipinski definition) is 5. The van der Waals surface area contributed by atoms with Gasteiger partial charge in [0.1, 0.15) is 11.6 Å². The Morgan fingerprint density at radius 1 is 1.29 bits per heavy atom. The summed E-state index contributed by atoms with van der Waals surface area (Å²) in [4.78, 5) is 20.2. The molecule has 0 fully saturated rings. The summed E-state index contributed by atoms with van der Waals surface area (Å²) in [6.45, 7) is 2.46. The van der Waals surface area contributed by atoms with E-state index in [1.807, 2.05) is 6.92 Å². The molecule has 1 atom stereocenters. The Morgan fingerprint density at radius 3 is 2.68 bits per heavy atom. The fourth-order valence-electron chi connectivity index (χ4n) is 2.81. The Labute approximate surface area is 167 Å². The maximum absolute atomic E-state index is 13.8. The molecule has 0 bridgehead atoms. The van der Waals surface area contributed by atoms with Crippen LogP contribution in [-0.2, 0) is 0 Å². The fraction of sp³-hybridized carbons (Fsp3) is 0.263. The van der Waals surface area contributed by atoms with Gasteiger partial charge < -0.3 is 10.2 Å². The molecule has 0 spiro atoms. The topological polar surface area (TPSA) is 75.9 Å². The van der Waals surface area contributed by atoms with E-state index in [1.165, 1.54) is 35.4 Å². The first-order chi connectivity index (χ1) is 13.5. The van der Waals surface area contributed by atoms with Gasteiger partial charge in [-0.1, -0.05) is 18.5 Å². The molecule has 1 aromatic carbocycles. The molecule has 28 heavy (non-hydrogen) atoms. The Hall–Kier alpha value is -3.00. The Kier molecular flexibility index (Phi) is 6.20. The monoisotopic (exact) mass is 402 g/mol. The number of aromatic nitrogens is 4. The number of carbonyl (C=O) groups excluding carboxylic acids is 1. The standard InChI is InChI=1S/C19H20ClFN6O/c1-3-15(12-23-18-7-4-13(20)11-22-18)26(2)19(28)16-10-14(21)5-6-17(16)27-24-8-9-25-27/h4-11,15H,3,12H2,1-2H3,(H,22,23). The molecule has 9 heteroatoms. The highest BCUT2D eigenvalue weighted by Gasteiger charge is 2.23. The summed E-state index contributed by atoms with van der Waals surface area (Å²) in [7, 11) is 1.69. The molecule has 3 rings (SSSR count). The van der Waals surface area contributed by atoms with Crippen LogP contribution in [0, 0.1) is 5.82 Å². The maximum Gasteiger partial charge on any atom is 0.256 e. The molecule has 146 valence electrons. The van der Waals surface area contributed by atoms with Gasteiger partial charge >= 0.3 is 0 Å². The number of anilines is 1. The van der Waals surface area contributed by atoms with Gasteiger partial charge in [-0.3, -0.25) is 4.79 Å². The maximum atomic E-state index is 13.8. The summed E-state index contributed by atoms with van der Waals surface area (Å²) >= 11 is 5.85. The van der Waals surface area contributed by atoms with Crippen molar-refractivity contribution in [2.75, 3.05) is 18.9 Å². The number of nitrogens with zero attached hydrogens (tertiary/aromatic N) is 5. The Morgan fingerprint density at radius 2 is 2.04 bits per heavy atom. The summed E-state index contributed by atoms with van der Waals surface area (Å²) in [5.74, 6) is -0.149. The van der Waals surface area contributed by atoms with Crippen LogP contribution >= 0.6 is 11.6 Å². The minimum Gasteiger partial charge on any atom is -0.368 e. The quantitative estimate of drug-likeness (QED) is 0.655. The molecule has 3 aromatic rings. The first-order valence-electron chi connectivity index (χ1n) is 8.78. The van der Waals surface area contributed by atoms with Crippen LogP contribution in [0.2, 0.25) is 5.02 Å². The van der Waals surface area contributed by atoms with Crippen LogP contribution in [0.4, 0.5) is 10.2 Å². The lowest BCUT2D eigenvalue weighted by Gasteiger charge is -2.28. The van der Waals surface area contributed by atoms with Crippen molar-refractivity contribution in [2.24, 2.45) is 0 Å². The van der Waals surface area contributed by atoms with Crippen LogP contribution in [0.5, 0.6) is 0 Å². The highest BCUT2D eigenvalue weighted by molar-refractivity contribution is 6.30. The van der Waals surface area contributed by atoms with Crippen molar-refractivity contribution in [1.29, 1.82) is 0 Å². The van der Waals surface area contributed by atoms with Gasteiger partial charge in [0.05, 0.1) is 28.7 Å². The second-order valence-electron chi connectivity index (χ2n) is 6.20. The van der Waals surface area contributed by atoms with Crippen LogP contribution in [0.25, 0.3) is 5.69 Å². The Bertz CT molecular complexity index is 932. The van der Waals surface area contributed by atoms with Gasteiger partial charge in [-0.15, -0.1) is 0 Å². The van der Waals surface area contributed by atoms with E-state index in [0.29, 0.717) is 29.5 Å². The van der Waals surface area contributed by atoms with Gasteiger partial charge in [-0.05, 0) is 36.8 Å². The van der Waals surface area contributed by atoms with Crippen molar-refractivity contribution in [1.82, 2.24) is 24.9 Å². The number of hydrogen-bond donors (Lipinski definition) is 1. The van der Waals surface area contributed by atoms with E-state index < -0.39 is 5.82 Å². The van der Waals surface area contributed by atoms with Crippen molar-refractivity contribution in [2.45, 2.75) is 19.4 Å². The molecular weight excluding hydrogens is 383 g/mol. The smallest absolute Gasteiger partial charge is 0.256 e. The fourth-order valence-corrected chi connectivity index (χ4v) is 2.92. The predicted molar refractivity (Wildman–Crippen MR) is 105 cm³/mol. The van der Waals surface area contributed by atoms with Gasteiger partial charge in [0, 0.05) is 25.8 Å². The molecule has 0 aliphatic rings. The molecule has 1 N–H and O–H groups in total. The van der Waals surface area contributed by atoms with Crippen molar-refractivity contribution in [3.05, 3.63) is 65.3 Å². The van der Waals surface area contributed by atoms with Crippen LogP contribution < -0.4 is 5.32 Å². The molecule has 1 unspecified atom stereocenters. The number of nitrogens with one attached hydrogen (secondary N) is 1. The van der Waals surface area contributed by atoms with Crippen molar-refractivity contribution < 1.29 is 9.18 Å². The zero-order chi connectivity index (χ0) is 20.1. The van der Waals surface area contributed by atoms with E-state index in [0.717, 1.165) is 0 Å². The van der Waals surface area contributed by atoms with Crippen molar-refractivity contribution >= 4 is 23.3 Å². The summed E-state index contributed by atoms with van der Waals surface area (Å²) in [5, 5.41) is 11.8. The molecule has 2 heterocycles. The normalized spacial score (nSPS) is 11.9. The third-order valence-corrected chi connectivity index (χ3v) is 4.63. The van der Waals surface area contributed by atoms with Crippen LogP contribution in [-0.4, -0.2) is 50.4 Å². The number of rotatable bonds is 7. The first-order valence-corrected chi connectivity index (χ1v) is 9.16. The molecule has 1 amide bonds. The third kappa shape index (κ3) is 4.45. The van der Waals surface area contributed by atoms with Crippen LogP contribution in [0.1, 0.15) is 23.7 Å². The molecule has 0 aliphatic heterocycles. The zero-order valence-electron chi connectivity index (χ0n) is 15.5. The zero-order valence-corrected chi connectivity index (χ0v) is 16.3. The summed E-state index contributed by atoms with van der Waals surface area (Å²) in [6, 6.07) is 7.35. The SMILES string of the molecule is CCC(CNc1ccc(Cl)cn1)N(C)C(=O)c1cc(F)ccc1-n1nccn1. The molecular formula is C19H20ClFN6O. The number of benzene rings is 1. The van der Waals surface area contributed by atoms with E-state index in [1.54, 1.807) is 30.3 Å². The lowest BCUT2D eigenvalue weighted by Crippen LogP contribution is -2.41. The lowest BCUT2D eigenvalue weighted by atomic mass is 10.1. The molecule has 0 saturated carbocycles. The van der Waals surface area contributed by atoms with Gasteiger partial charge in [0.15, 0.2) is 0 Å². The van der Waals surface area contributed by atoms with E-state index in [9.17, 15) is 9.18 Å². The predicted octanol–water partition coefficient (Wildman–Crippen LogP) is 3.42. The Balaban J connectivity index is 1.78. The molecule has 0 aliphatic carbocycles. The number of amides is 1. The molecule has 2 aromatic heterocycles. The molecule has 7 nitrogen and oxygen atoms in total. The minimum absolute atomic E-state index is 0.133. The van der Waals surface area contributed by atoms with Gasteiger partial charge in [0.25, 0.3) is 5.91 Å². The molecule has 0 radical (unpaired) electrons. The average molecular weight is 403 g/mol. The highest BCUT2D eigenvalue weighted by atomic mass is 35.5. The van der Waals surface area contributed by atoms with Gasteiger partial charge in [-0.25, -0.2) is 9.37 Å². The summed E-state index contributed by atoms with van der Waals surface area (Å²) in [6.07, 6.45) is 5.25. The van der Waals surface area contributed by atoms with Gasteiger partial charge in [0.2, 0.25) is 0 Å². The van der Waals surface area contributed by atoms with E-state index in [-0.39, 0.29) is 17.5 Å². The number of likely N-dealkylation sites (N-methyl/N-ethyl adjacent to an activating group) is 1. The van der Waals surface area contributed by atoms with E-state index in [4.69, 9.17) is 11.6 Å². The summed E-state index contributed by atoms with van der Waals surface area (Å²) in [5.41, 5.74) is 0.618. The van der Waals surface area contributed by atoms with Crippen LogP contribution in [0.15, 0.2) is 48.9 Å². The second-order valence-corrected chi connectivity index (χ2v) is 6.64. The van der Waals surface area contributed by atoms with E-state index >= 15 is 0 Å². The second kappa shape index (κ2) is 8.79. The third-order valence-electron chi connectivity index (χ3n) is 4.41. The minimum atomic E-state index is -0.496. The van der Waals surface area contributed by atoms with Gasteiger partial charge in [-0.2, -0.15) is 15.0 Å². The van der Waals surface area contributed by atoms with Crippen LogP contribution in [0.3, 0.4) is 0 Å². The van der Waals surface area contributed by atoms with Crippen molar-refractivity contribution in [3.8, 4) is 5.69 Å². The lowest BCUT2D eigenvalue weighted by molar-refractivity contribution is 0.0735.